The molecular weight excluding hydrogens is 230 g/mol. The average Bonchev–Trinajstić information content (AvgIpc) is 2.21. The van der Waals surface area contributed by atoms with Crippen LogP contribution in [0.1, 0.15) is 19.4 Å². The summed E-state index contributed by atoms with van der Waals surface area (Å²) in [4.78, 5) is 0. The first-order valence-electron chi connectivity index (χ1n) is 4.17. The Balaban J connectivity index is 0.000000845. The van der Waals surface area contributed by atoms with Gasteiger partial charge in [-0.25, -0.2) is 0 Å². The second-order valence-electron chi connectivity index (χ2n) is 4.03. The predicted octanol–water partition coefficient (Wildman–Crippen LogP) is 2.72. The number of aromatic hydroxyl groups is 1. The van der Waals surface area contributed by atoms with Crippen molar-refractivity contribution in [1.29, 1.82) is 0 Å². The van der Waals surface area contributed by atoms with Crippen molar-refractivity contribution < 1.29 is 5.11 Å². The van der Waals surface area contributed by atoms with Crippen LogP contribution < -0.4 is 5.32 Å². The van der Waals surface area contributed by atoms with Crippen molar-refractivity contribution >= 4 is 22.7 Å². The first-order valence-corrected chi connectivity index (χ1v) is 4.17. The molecule has 13 heavy (non-hydrogen) atoms. The van der Waals surface area contributed by atoms with Crippen molar-refractivity contribution in [1.82, 2.24) is 0 Å². The number of hydrogen-bond acceptors (Lipinski definition) is 2. The Morgan fingerprint density at radius 1 is 1.38 bits per heavy atom. The number of rotatable bonds is 0. The molecular formula is C10H14BrNO. The number of nitrogens with one attached hydrogen (secondary N) is 1. The third-order valence-corrected chi connectivity index (χ3v) is 2.20. The average molecular weight is 244 g/mol. The summed E-state index contributed by atoms with van der Waals surface area (Å²) >= 11 is 0. The molecule has 0 fully saturated rings. The summed E-state index contributed by atoms with van der Waals surface area (Å²) < 4.78 is 0. The van der Waals surface area contributed by atoms with E-state index in [0.29, 0.717) is 5.75 Å². The van der Waals surface area contributed by atoms with Gasteiger partial charge in [0.1, 0.15) is 5.75 Å². The molecule has 2 nitrogen and oxygen atoms in total. The number of benzene rings is 1. The zero-order valence-electron chi connectivity index (χ0n) is 7.79. The summed E-state index contributed by atoms with van der Waals surface area (Å²) in [5.41, 5.74) is 2.49. The normalized spacial score (nSPS) is 17.1. The van der Waals surface area contributed by atoms with E-state index in [2.05, 4.69) is 19.2 Å². The fraction of sp³-hybridized carbons (Fsp3) is 0.400. The van der Waals surface area contributed by atoms with E-state index in [-0.39, 0.29) is 22.5 Å². The molecule has 1 aliphatic heterocycles. The van der Waals surface area contributed by atoms with Crippen molar-refractivity contribution in [3.8, 4) is 5.75 Å². The molecule has 0 saturated carbocycles. The minimum absolute atomic E-state index is 0. The van der Waals surface area contributed by atoms with Gasteiger partial charge in [0.05, 0.1) is 0 Å². The van der Waals surface area contributed by atoms with E-state index >= 15 is 0 Å². The highest BCUT2D eigenvalue weighted by molar-refractivity contribution is 8.93. The highest BCUT2D eigenvalue weighted by atomic mass is 79.9. The van der Waals surface area contributed by atoms with Crippen LogP contribution in [0.5, 0.6) is 5.75 Å². The lowest BCUT2D eigenvalue weighted by Gasteiger charge is -2.17. The van der Waals surface area contributed by atoms with Gasteiger partial charge < -0.3 is 10.4 Å². The van der Waals surface area contributed by atoms with Gasteiger partial charge in [-0.2, -0.15) is 0 Å². The Morgan fingerprint density at radius 3 is 2.77 bits per heavy atom. The maximum absolute atomic E-state index is 9.23. The van der Waals surface area contributed by atoms with Gasteiger partial charge in [0.25, 0.3) is 0 Å². The van der Waals surface area contributed by atoms with Crippen LogP contribution in [0.15, 0.2) is 18.2 Å². The molecule has 0 atom stereocenters. The molecule has 0 bridgehead atoms. The second kappa shape index (κ2) is 3.22. The fourth-order valence-corrected chi connectivity index (χ4v) is 1.72. The monoisotopic (exact) mass is 243 g/mol. The Hall–Kier alpha value is -0.700. The lowest BCUT2D eigenvalue weighted by molar-refractivity contribution is 0.475. The molecule has 0 aliphatic carbocycles. The molecule has 1 heterocycles. The molecule has 0 aromatic heterocycles. The van der Waals surface area contributed by atoms with Gasteiger partial charge in [-0.05, 0) is 31.9 Å². The van der Waals surface area contributed by atoms with Gasteiger partial charge in [-0.15, -0.1) is 17.0 Å². The standard InChI is InChI=1S/C10H13NO.BrH/c1-10(2)6-7-3-4-8(12)5-9(7)11-10;/h3-5,11-12H,6H2,1-2H3;1H. The van der Waals surface area contributed by atoms with E-state index in [1.54, 1.807) is 12.1 Å². The molecule has 0 unspecified atom stereocenters. The molecule has 1 aromatic rings. The van der Waals surface area contributed by atoms with Gasteiger partial charge >= 0.3 is 0 Å². The number of fused-ring (bicyclic) bond motifs is 1. The second-order valence-corrected chi connectivity index (χ2v) is 4.03. The maximum Gasteiger partial charge on any atom is 0.117 e. The first-order chi connectivity index (χ1) is 5.57. The van der Waals surface area contributed by atoms with Gasteiger partial charge in [0.2, 0.25) is 0 Å². The minimum atomic E-state index is 0. The van der Waals surface area contributed by atoms with Gasteiger partial charge in [0.15, 0.2) is 0 Å². The van der Waals surface area contributed by atoms with Gasteiger partial charge in [-0.3, -0.25) is 0 Å². The quantitative estimate of drug-likeness (QED) is 0.735. The third-order valence-electron chi connectivity index (χ3n) is 2.20. The van der Waals surface area contributed by atoms with Crippen molar-refractivity contribution in [2.24, 2.45) is 0 Å². The summed E-state index contributed by atoms with van der Waals surface area (Å²) in [7, 11) is 0. The Kier molecular flexibility index (Phi) is 2.57. The van der Waals surface area contributed by atoms with Crippen molar-refractivity contribution in [2.45, 2.75) is 25.8 Å². The topological polar surface area (TPSA) is 32.3 Å². The van der Waals surface area contributed by atoms with Crippen LogP contribution in [-0.2, 0) is 6.42 Å². The van der Waals surface area contributed by atoms with Crippen molar-refractivity contribution in [2.75, 3.05) is 5.32 Å². The van der Waals surface area contributed by atoms with E-state index in [1.165, 1.54) is 5.56 Å². The van der Waals surface area contributed by atoms with Crippen LogP contribution in [0.3, 0.4) is 0 Å². The van der Waals surface area contributed by atoms with E-state index < -0.39 is 0 Å². The molecule has 0 amide bonds. The van der Waals surface area contributed by atoms with Crippen LogP contribution in [-0.4, -0.2) is 10.6 Å². The lowest BCUT2D eigenvalue weighted by Crippen LogP contribution is -2.26. The Labute approximate surface area is 88.7 Å². The minimum Gasteiger partial charge on any atom is -0.508 e. The number of halogens is 1. The first kappa shape index (κ1) is 10.4. The molecule has 1 aliphatic rings. The molecule has 0 spiro atoms. The van der Waals surface area contributed by atoms with E-state index in [9.17, 15) is 5.11 Å². The van der Waals surface area contributed by atoms with E-state index in [4.69, 9.17) is 0 Å². The molecule has 3 heteroatoms. The SMILES string of the molecule is Br.CC1(C)Cc2ccc(O)cc2N1. The van der Waals surface area contributed by atoms with Crippen LogP contribution in [0.2, 0.25) is 0 Å². The van der Waals surface area contributed by atoms with Crippen molar-refractivity contribution in [3.05, 3.63) is 23.8 Å². The van der Waals surface area contributed by atoms with Crippen LogP contribution >= 0.6 is 17.0 Å². The highest BCUT2D eigenvalue weighted by Crippen LogP contribution is 2.33. The Bertz CT molecular complexity index is 323. The lowest BCUT2D eigenvalue weighted by atomic mass is 10.0. The summed E-state index contributed by atoms with van der Waals surface area (Å²) in [6, 6.07) is 5.50. The molecule has 2 rings (SSSR count). The molecule has 2 N–H and O–H groups in total. The van der Waals surface area contributed by atoms with E-state index in [0.717, 1.165) is 12.1 Å². The number of phenolic OH excluding ortho intramolecular Hbond substituents is 1. The Morgan fingerprint density at radius 2 is 2.08 bits per heavy atom. The molecule has 0 saturated heterocycles. The third kappa shape index (κ3) is 1.97. The molecule has 1 aromatic carbocycles. The van der Waals surface area contributed by atoms with Crippen LogP contribution in [0.25, 0.3) is 0 Å². The highest BCUT2D eigenvalue weighted by Gasteiger charge is 2.26. The van der Waals surface area contributed by atoms with Gasteiger partial charge in [0, 0.05) is 17.3 Å². The number of phenols is 1. The summed E-state index contributed by atoms with van der Waals surface area (Å²) in [5.74, 6) is 0.332. The predicted molar refractivity (Wildman–Crippen MR) is 59.8 cm³/mol. The summed E-state index contributed by atoms with van der Waals surface area (Å²) in [5, 5.41) is 12.6. The molecule has 72 valence electrons. The summed E-state index contributed by atoms with van der Waals surface area (Å²) in [6.07, 6.45) is 1.03. The molecule has 0 radical (unpaired) electrons. The number of anilines is 1. The zero-order chi connectivity index (χ0) is 8.77. The number of hydrogen-bond donors (Lipinski definition) is 2. The fourth-order valence-electron chi connectivity index (χ4n) is 1.72. The maximum atomic E-state index is 9.23. The smallest absolute Gasteiger partial charge is 0.117 e. The van der Waals surface area contributed by atoms with E-state index in [1.807, 2.05) is 6.07 Å². The van der Waals surface area contributed by atoms with Gasteiger partial charge in [-0.1, -0.05) is 6.07 Å². The summed E-state index contributed by atoms with van der Waals surface area (Å²) in [6.45, 7) is 4.31. The zero-order valence-corrected chi connectivity index (χ0v) is 9.51. The van der Waals surface area contributed by atoms with Crippen LogP contribution in [0, 0.1) is 0 Å². The van der Waals surface area contributed by atoms with Crippen LogP contribution in [0.4, 0.5) is 5.69 Å². The van der Waals surface area contributed by atoms with Crippen molar-refractivity contribution in [3.63, 3.8) is 0 Å². The largest absolute Gasteiger partial charge is 0.508 e.